The van der Waals surface area contributed by atoms with Gasteiger partial charge in [-0.25, -0.2) is 9.50 Å². The number of fused-ring (bicyclic) bond motifs is 1. The normalized spacial score (nSPS) is 11.1. The van der Waals surface area contributed by atoms with Gasteiger partial charge in [-0.15, -0.1) is 0 Å². The number of aromatic nitrogens is 3. The summed E-state index contributed by atoms with van der Waals surface area (Å²) < 4.78 is 7.53. The SMILES string of the molecule is Cc1ccc(-c2cn3nc(COc4ccc(Cl)cc4)sc3n2)cc1. The van der Waals surface area contributed by atoms with Crippen molar-refractivity contribution in [1.29, 1.82) is 0 Å². The van der Waals surface area contributed by atoms with E-state index in [4.69, 9.17) is 16.3 Å². The Morgan fingerprint density at radius 1 is 1.08 bits per heavy atom. The van der Waals surface area contributed by atoms with E-state index in [0.717, 1.165) is 27.0 Å². The summed E-state index contributed by atoms with van der Waals surface area (Å²) in [4.78, 5) is 5.51. The Morgan fingerprint density at radius 2 is 1.83 bits per heavy atom. The Hall–Kier alpha value is -2.37. The summed E-state index contributed by atoms with van der Waals surface area (Å²) in [6.07, 6.45) is 1.95. The smallest absolute Gasteiger partial charge is 0.212 e. The quantitative estimate of drug-likeness (QED) is 0.517. The monoisotopic (exact) mass is 355 g/mol. The van der Waals surface area contributed by atoms with Crippen LogP contribution in [0.25, 0.3) is 16.2 Å². The van der Waals surface area contributed by atoms with Gasteiger partial charge in [0.25, 0.3) is 0 Å². The molecule has 0 fully saturated rings. The Morgan fingerprint density at radius 3 is 2.54 bits per heavy atom. The molecule has 0 N–H and O–H groups in total. The molecule has 120 valence electrons. The number of nitrogens with zero attached hydrogens (tertiary/aromatic N) is 3. The summed E-state index contributed by atoms with van der Waals surface area (Å²) in [6, 6.07) is 15.6. The molecule has 2 heterocycles. The topological polar surface area (TPSA) is 39.4 Å². The standard InChI is InChI=1S/C18H14ClN3OS/c1-12-2-4-13(5-3-12)16-10-22-18(20-16)24-17(21-22)11-23-15-8-6-14(19)7-9-15/h2-10H,11H2,1H3. The molecule has 0 spiro atoms. The molecule has 0 atom stereocenters. The molecule has 0 amide bonds. The number of hydrogen-bond acceptors (Lipinski definition) is 4. The van der Waals surface area contributed by atoms with Crippen molar-refractivity contribution in [1.82, 2.24) is 14.6 Å². The van der Waals surface area contributed by atoms with Crippen LogP contribution in [-0.2, 0) is 6.61 Å². The van der Waals surface area contributed by atoms with Crippen LogP contribution in [0.4, 0.5) is 0 Å². The molecule has 2 aromatic carbocycles. The largest absolute Gasteiger partial charge is 0.486 e. The minimum atomic E-state index is 0.412. The molecular weight excluding hydrogens is 342 g/mol. The fourth-order valence-electron chi connectivity index (χ4n) is 2.34. The van der Waals surface area contributed by atoms with Gasteiger partial charge in [0.1, 0.15) is 12.4 Å². The van der Waals surface area contributed by atoms with E-state index in [-0.39, 0.29) is 0 Å². The zero-order valence-electron chi connectivity index (χ0n) is 12.9. The lowest BCUT2D eigenvalue weighted by Gasteiger charge is -2.02. The van der Waals surface area contributed by atoms with E-state index in [1.807, 2.05) is 18.3 Å². The molecule has 4 aromatic rings. The van der Waals surface area contributed by atoms with Crippen molar-refractivity contribution in [2.75, 3.05) is 0 Å². The number of aryl methyl sites for hydroxylation is 1. The second-order valence-corrected chi connectivity index (χ2v) is 6.93. The average molecular weight is 356 g/mol. The molecule has 0 bridgehead atoms. The lowest BCUT2D eigenvalue weighted by Crippen LogP contribution is -1.95. The summed E-state index contributed by atoms with van der Waals surface area (Å²) >= 11 is 7.39. The van der Waals surface area contributed by atoms with Gasteiger partial charge in [-0.1, -0.05) is 52.8 Å². The van der Waals surface area contributed by atoms with E-state index >= 15 is 0 Å². The highest BCUT2D eigenvalue weighted by atomic mass is 35.5. The highest BCUT2D eigenvalue weighted by Crippen LogP contribution is 2.23. The van der Waals surface area contributed by atoms with Gasteiger partial charge in [-0.05, 0) is 31.2 Å². The maximum atomic E-state index is 5.86. The number of imidazole rings is 1. The van der Waals surface area contributed by atoms with Gasteiger partial charge in [0, 0.05) is 10.6 Å². The van der Waals surface area contributed by atoms with Crippen LogP contribution in [0.1, 0.15) is 10.6 Å². The van der Waals surface area contributed by atoms with E-state index < -0.39 is 0 Å². The summed E-state index contributed by atoms with van der Waals surface area (Å²) in [5.74, 6) is 0.771. The predicted molar refractivity (Wildman–Crippen MR) is 96.8 cm³/mol. The maximum Gasteiger partial charge on any atom is 0.212 e. The minimum absolute atomic E-state index is 0.412. The van der Waals surface area contributed by atoms with Gasteiger partial charge in [-0.3, -0.25) is 0 Å². The Bertz CT molecular complexity index is 942. The van der Waals surface area contributed by atoms with Gasteiger partial charge >= 0.3 is 0 Å². The molecule has 6 heteroatoms. The van der Waals surface area contributed by atoms with Gasteiger partial charge in [0.15, 0.2) is 5.01 Å². The fraction of sp³-hybridized carbons (Fsp3) is 0.111. The van der Waals surface area contributed by atoms with Crippen LogP contribution in [0.2, 0.25) is 5.02 Å². The number of hydrogen-bond donors (Lipinski definition) is 0. The first-order valence-electron chi connectivity index (χ1n) is 7.48. The Kier molecular flexibility index (Phi) is 3.96. The molecule has 2 aromatic heterocycles. The Balaban J connectivity index is 1.51. The number of rotatable bonds is 4. The summed E-state index contributed by atoms with van der Waals surface area (Å²) in [7, 11) is 0. The molecule has 0 aliphatic heterocycles. The average Bonchev–Trinajstić information content (AvgIpc) is 3.13. The first kappa shape index (κ1) is 15.2. The lowest BCUT2D eigenvalue weighted by molar-refractivity contribution is 0.304. The van der Waals surface area contributed by atoms with Gasteiger partial charge < -0.3 is 4.74 Å². The minimum Gasteiger partial charge on any atom is -0.486 e. The van der Waals surface area contributed by atoms with Crippen molar-refractivity contribution in [2.45, 2.75) is 13.5 Å². The third-order valence-electron chi connectivity index (χ3n) is 3.61. The molecule has 0 aliphatic carbocycles. The third kappa shape index (κ3) is 3.13. The molecule has 4 nitrogen and oxygen atoms in total. The predicted octanol–water partition coefficient (Wildman–Crippen LogP) is 5.00. The molecule has 0 unspecified atom stereocenters. The van der Waals surface area contributed by atoms with Gasteiger partial charge in [0.2, 0.25) is 4.96 Å². The van der Waals surface area contributed by atoms with Crippen LogP contribution >= 0.6 is 22.9 Å². The van der Waals surface area contributed by atoms with E-state index in [9.17, 15) is 0 Å². The first-order chi connectivity index (χ1) is 11.7. The van der Waals surface area contributed by atoms with Crippen LogP contribution in [0, 0.1) is 6.92 Å². The number of benzene rings is 2. The summed E-state index contributed by atoms with van der Waals surface area (Å²) in [6.45, 7) is 2.49. The van der Waals surface area contributed by atoms with E-state index in [1.54, 1.807) is 16.6 Å². The first-order valence-corrected chi connectivity index (χ1v) is 8.67. The van der Waals surface area contributed by atoms with Crippen molar-refractivity contribution < 1.29 is 4.74 Å². The third-order valence-corrected chi connectivity index (χ3v) is 4.76. The van der Waals surface area contributed by atoms with Crippen LogP contribution < -0.4 is 4.74 Å². The van der Waals surface area contributed by atoms with Gasteiger partial charge in [-0.2, -0.15) is 5.10 Å². The number of halogens is 1. The molecule has 0 aliphatic rings. The molecule has 4 rings (SSSR count). The van der Waals surface area contributed by atoms with Gasteiger partial charge in [0.05, 0.1) is 11.9 Å². The second-order valence-electron chi connectivity index (χ2n) is 5.46. The summed E-state index contributed by atoms with van der Waals surface area (Å²) in [5, 5.41) is 6.10. The lowest BCUT2D eigenvalue weighted by atomic mass is 10.1. The molecule has 0 radical (unpaired) electrons. The van der Waals surface area contributed by atoms with E-state index in [0.29, 0.717) is 11.6 Å². The fourth-order valence-corrected chi connectivity index (χ4v) is 3.25. The maximum absolute atomic E-state index is 5.86. The van der Waals surface area contributed by atoms with Crippen molar-refractivity contribution in [3.63, 3.8) is 0 Å². The van der Waals surface area contributed by atoms with Crippen molar-refractivity contribution in [3.05, 3.63) is 70.3 Å². The number of ether oxygens (including phenoxy) is 1. The highest BCUT2D eigenvalue weighted by Gasteiger charge is 2.10. The highest BCUT2D eigenvalue weighted by molar-refractivity contribution is 7.16. The van der Waals surface area contributed by atoms with E-state index in [1.165, 1.54) is 16.9 Å². The second kappa shape index (κ2) is 6.26. The molecule has 0 saturated carbocycles. The van der Waals surface area contributed by atoms with Crippen molar-refractivity contribution in [2.24, 2.45) is 0 Å². The summed E-state index contributed by atoms with van der Waals surface area (Å²) in [5.41, 5.74) is 3.26. The van der Waals surface area contributed by atoms with Crippen molar-refractivity contribution >= 4 is 27.9 Å². The molecule has 24 heavy (non-hydrogen) atoms. The van der Waals surface area contributed by atoms with E-state index in [2.05, 4.69) is 41.3 Å². The van der Waals surface area contributed by atoms with Crippen LogP contribution in [-0.4, -0.2) is 14.6 Å². The molecule has 0 saturated heterocycles. The van der Waals surface area contributed by atoms with Crippen molar-refractivity contribution in [3.8, 4) is 17.0 Å². The van der Waals surface area contributed by atoms with Crippen LogP contribution in [0.3, 0.4) is 0 Å². The zero-order chi connectivity index (χ0) is 16.5. The van der Waals surface area contributed by atoms with Crippen LogP contribution in [0.15, 0.2) is 54.7 Å². The zero-order valence-corrected chi connectivity index (χ0v) is 14.5. The Labute approximate surface area is 148 Å². The molecular formula is C18H14ClN3OS. The van der Waals surface area contributed by atoms with Crippen LogP contribution in [0.5, 0.6) is 5.75 Å².